The summed E-state index contributed by atoms with van der Waals surface area (Å²) in [4.78, 5) is 11.5. The second-order valence-corrected chi connectivity index (χ2v) is 6.10. The maximum absolute atomic E-state index is 13.4. The average Bonchev–Trinajstić information content (AvgIpc) is 3.06. The van der Waals surface area contributed by atoms with E-state index in [0.717, 1.165) is 13.1 Å². The van der Waals surface area contributed by atoms with E-state index in [2.05, 4.69) is 11.7 Å². The van der Waals surface area contributed by atoms with Crippen molar-refractivity contribution >= 4 is 35.9 Å². The summed E-state index contributed by atoms with van der Waals surface area (Å²) in [7, 11) is 0. The Morgan fingerprint density at radius 1 is 1.22 bits per heavy atom. The number of hydrogen-bond acceptors (Lipinski definition) is 3. The summed E-state index contributed by atoms with van der Waals surface area (Å²) in [5, 5.41) is 16.2. The first kappa shape index (κ1) is 18.8. The van der Waals surface area contributed by atoms with E-state index in [-0.39, 0.29) is 10.7 Å². The van der Waals surface area contributed by atoms with E-state index >= 15 is 0 Å². The standard InChI is InChI=1S/C18H12ClF3N3O2/c1-10-7-8-24(17(27)15(10)19)12-3-5-13(6-4-12)25-16(18(20,21)22)14(9-23-25)11(2)26/h3-9H,1H2,2H3/q+1. The van der Waals surface area contributed by atoms with Crippen LogP contribution in [0.25, 0.3) is 6.58 Å². The molecule has 0 saturated carbocycles. The summed E-state index contributed by atoms with van der Waals surface area (Å²) in [5.41, 5.74) is -1.17. The number of carbonyl (C=O) groups excluding carboxylic acids is 1. The third-order valence-corrected chi connectivity index (χ3v) is 4.31. The number of carbonyl (C=O) groups is 1. The van der Waals surface area contributed by atoms with E-state index in [4.69, 9.17) is 11.6 Å². The maximum Gasteiger partial charge on any atom is 0.481 e. The van der Waals surface area contributed by atoms with Crippen molar-refractivity contribution < 1.29 is 32.0 Å². The third-order valence-electron chi connectivity index (χ3n) is 3.90. The fraction of sp³-hybridized carbons (Fsp3) is 0.111. The van der Waals surface area contributed by atoms with Crippen molar-refractivity contribution in [3.05, 3.63) is 63.8 Å². The molecule has 27 heavy (non-hydrogen) atoms. The molecule has 0 amide bonds. The molecule has 1 aromatic rings. The normalized spacial score (nSPS) is 16.7. The predicted octanol–water partition coefficient (Wildman–Crippen LogP) is 1.48. The molecule has 2 heterocycles. The van der Waals surface area contributed by atoms with Gasteiger partial charge in [-0.25, -0.2) is 0 Å². The molecule has 1 aromatic heterocycles. The Balaban J connectivity index is 2.14. The summed E-state index contributed by atoms with van der Waals surface area (Å²) in [6, 6.07) is 1.55. The zero-order valence-corrected chi connectivity index (χ0v) is 14.7. The Bertz CT molecular complexity index is 1110. The predicted molar refractivity (Wildman–Crippen MR) is 90.7 cm³/mol. The highest BCUT2D eigenvalue weighted by Crippen LogP contribution is 2.32. The number of allylic oxidation sites excluding steroid dienone is 6. The number of aromatic nitrogens is 1. The minimum atomic E-state index is -4.76. The molecule has 1 aliphatic heterocycles. The van der Waals surface area contributed by atoms with Crippen LogP contribution in [0.5, 0.6) is 5.88 Å². The number of hydrogen-bond donors (Lipinski definition) is 0. The van der Waals surface area contributed by atoms with Crippen molar-refractivity contribution in [1.82, 2.24) is 0 Å². The van der Waals surface area contributed by atoms with Crippen LogP contribution in [-0.2, 0) is 4.79 Å². The molecule has 0 N–H and O–H groups in total. The fourth-order valence-corrected chi connectivity index (χ4v) is 2.73. The van der Waals surface area contributed by atoms with Crippen molar-refractivity contribution in [2.75, 3.05) is 0 Å². The molecule has 5 nitrogen and oxygen atoms in total. The van der Waals surface area contributed by atoms with Gasteiger partial charge in [-0.1, -0.05) is 18.2 Å². The Labute approximate surface area is 156 Å². The van der Waals surface area contributed by atoms with E-state index in [0.29, 0.717) is 15.6 Å². The molecular weight excluding hydrogens is 383 g/mol. The molecule has 1 aliphatic carbocycles. The second-order valence-electron chi connectivity index (χ2n) is 5.72. The lowest BCUT2D eigenvalue weighted by atomic mass is 10.1. The first-order valence-corrected chi connectivity index (χ1v) is 7.99. The van der Waals surface area contributed by atoms with Gasteiger partial charge in [0.15, 0.2) is 17.9 Å². The number of ketones is 1. The minimum Gasteiger partial charge on any atom is -0.822 e. The molecule has 9 heteroatoms. The number of nitrogens with zero attached hydrogens (tertiary/aromatic N) is 3. The van der Waals surface area contributed by atoms with Gasteiger partial charge in [0, 0.05) is 30.4 Å². The van der Waals surface area contributed by atoms with E-state index in [9.17, 15) is 23.1 Å². The monoisotopic (exact) mass is 394 g/mol. The SMILES string of the molecule is C=c1cc[n+](=C2C=CC(=[N+]3N=CC(C(C)=O)=C3C(F)(F)F)C=C2)c([O-])c1Cl. The van der Waals surface area contributed by atoms with Crippen LogP contribution in [0.1, 0.15) is 6.92 Å². The zero-order valence-electron chi connectivity index (χ0n) is 13.9. The Morgan fingerprint density at radius 2 is 1.81 bits per heavy atom. The lowest BCUT2D eigenvalue weighted by molar-refractivity contribution is -0.588. The van der Waals surface area contributed by atoms with Crippen molar-refractivity contribution in [2.45, 2.75) is 13.1 Å². The molecule has 0 saturated heterocycles. The summed E-state index contributed by atoms with van der Waals surface area (Å²) in [6.45, 7) is 4.67. The largest absolute Gasteiger partial charge is 0.822 e. The van der Waals surface area contributed by atoms with Crippen LogP contribution in [0.4, 0.5) is 13.2 Å². The molecule has 2 aliphatic rings. The van der Waals surface area contributed by atoms with E-state index in [1.54, 1.807) is 6.07 Å². The van der Waals surface area contributed by atoms with Gasteiger partial charge in [0.1, 0.15) is 16.8 Å². The molecular formula is C18H12ClF3N3O2+. The summed E-state index contributed by atoms with van der Waals surface area (Å²) < 4.78 is 42.1. The summed E-state index contributed by atoms with van der Waals surface area (Å²) >= 11 is 5.90. The highest BCUT2D eigenvalue weighted by Gasteiger charge is 2.51. The molecule has 0 radical (unpaired) electrons. The molecule has 0 unspecified atom stereocenters. The van der Waals surface area contributed by atoms with Gasteiger partial charge in [-0.2, -0.15) is 17.4 Å². The van der Waals surface area contributed by atoms with Crippen molar-refractivity contribution in [3.8, 4) is 5.88 Å². The number of pyridine rings is 1. The van der Waals surface area contributed by atoms with Gasteiger partial charge in [0.2, 0.25) is 11.4 Å². The smallest absolute Gasteiger partial charge is 0.481 e. The molecule has 0 atom stereocenters. The van der Waals surface area contributed by atoms with Crippen LogP contribution < -0.4 is 14.6 Å². The van der Waals surface area contributed by atoms with Gasteiger partial charge in [0.05, 0.1) is 0 Å². The molecule has 0 aromatic carbocycles. The number of halogens is 4. The number of alkyl halides is 3. The maximum atomic E-state index is 13.4. The van der Waals surface area contributed by atoms with E-state index < -0.39 is 29.1 Å². The van der Waals surface area contributed by atoms with Crippen LogP contribution in [0.2, 0.25) is 5.02 Å². The van der Waals surface area contributed by atoms with Crippen molar-refractivity contribution in [1.29, 1.82) is 0 Å². The highest BCUT2D eigenvalue weighted by molar-refractivity contribution is 6.31. The van der Waals surface area contributed by atoms with Crippen LogP contribution >= 0.6 is 11.6 Å². The second kappa shape index (κ2) is 6.62. The number of rotatable bonds is 1. The summed E-state index contributed by atoms with van der Waals surface area (Å²) in [6.07, 6.45) is 3.21. The van der Waals surface area contributed by atoms with Gasteiger partial charge < -0.3 is 5.11 Å². The van der Waals surface area contributed by atoms with Gasteiger partial charge in [-0.05, 0) is 21.9 Å². The van der Waals surface area contributed by atoms with Crippen LogP contribution in [0.3, 0.4) is 0 Å². The quantitative estimate of drug-likeness (QED) is 0.677. The number of hydrazone groups is 1. The average molecular weight is 395 g/mol. The van der Waals surface area contributed by atoms with Crippen LogP contribution in [-0.4, -0.2) is 28.6 Å². The minimum absolute atomic E-state index is 0.0425. The van der Waals surface area contributed by atoms with E-state index in [1.165, 1.54) is 34.7 Å². The third kappa shape index (κ3) is 3.35. The van der Waals surface area contributed by atoms with Gasteiger partial charge in [-0.15, -0.1) is 0 Å². The van der Waals surface area contributed by atoms with Gasteiger partial charge in [-0.3, -0.25) is 4.79 Å². The first-order chi connectivity index (χ1) is 12.6. The van der Waals surface area contributed by atoms with E-state index in [1.807, 2.05) is 0 Å². The topological polar surface area (TPSA) is 61.4 Å². The van der Waals surface area contributed by atoms with Gasteiger partial charge >= 0.3 is 11.9 Å². The molecule has 3 rings (SSSR count). The fourth-order valence-electron chi connectivity index (χ4n) is 2.58. The Morgan fingerprint density at radius 3 is 2.37 bits per heavy atom. The lowest BCUT2D eigenvalue weighted by Gasteiger charge is -2.06. The van der Waals surface area contributed by atoms with Crippen molar-refractivity contribution in [3.63, 3.8) is 0 Å². The Kier molecular flexibility index (Phi) is 4.61. The molecule has 138 valence electrons. The van der Waals surface area contributed by atoms with Crippen LogP contribution in [0, 0.1) is 5.71 Å². The summed E-state index contributed by atoms with van der Waals surface area (Å²) in [5.74, 6) is -1.23. The lowest BCUT2D eigenvalue weighted by Crippen LogP contribution is -2.30. The molecule has 0 spiro atoms. The highest BCUT2D eigenvalue weighted by atomic mass is 35.5. The zero-order chi connectivity index (χ0) is 19.9. The van der Waals surface area contributed by atoms with Crippen LogP contribution in [0.15, 0.2) is 52.9 Å². The first-order valence-electron chi connectivity index (χ1n) is 7.61. The van der Waals surface area contributed by atoms with Crippen molar-refractivity contribution in [2.24, 2.45) is 5.10 Å². The van der Waals surface area contributed by atoms with Gasteiger partial charge in [0.25, 0.3) is 0 Å². The Hall–Kier alpha value is -3.00. The molecule has 0 bridgehead atoms. The molecule has 0 fully saturated rings. The number of Topliss-reactive ketones (excluding diaryl/α,β-unsaturated/α-hetero) is 1.